The van der Waals surface area contributed by atoms with Crippen LogP contribution in [-0.2, 0) is 16.6 Å². The first-order valence-corrected chi connectivity index (χ1v) is 11.3. The molecular weight excluding hydrogens is 382 g/mol. The van der Waals surface area contributed by atoms with E-state index < -0.39 is 0 Å². The van der Waals surface area contributed by atoms with Gasteiger partial charge in [-0.25, -0.2) is 0 Å². The average Bonchev–Trinajstić information content (AvgIpc) is 3.28. The summed E-state index contributed by atoms with van der Waals surface area (Å²) in [5.74, 6) is 0.278. The largest absolute Gasteiger partial charge is 0.393 e. The minimum absolute atomic E-state index is 0.0114. The molecule has 2 N–H and O–H groups in total. The van der Waals surface area contributed by atoms with Crippen molar-refractivity contribution < 1.29 is 9.90 Å². The summed E-state index contributed by atoms with van der Waals surface area (Å²) >= 11 is 0. The maximum atomic E-state index is 13.6. The molecule has 3 aromatic carbocycles. The lowest BCUT2D eigenvalue weighted by Crippen LogP contribution is -2.53. The van der Waals surface area contributed by atoms with E-state index in [1.54, 1.807) is 0 Å². The molecule has 2 fully saturated rings. The molecule has 0 spiro atoms. The molecule has 4 unspecified atom stereocenters. The number of fused-ring (bicyclic) bond motifs is 1. The fourth-order valence-corrected chi connectivity index (χ4v) is 6.08. The molecule has 1 heterocycles. The Morgan fingerprint density at radius 1 is 0.871 bits per heavy atom. The number of benzene rings is 3. The van der Waals surface area contributed by atoms with Gasteiger partial charge in [0.1, 0.15) is 0 Å². The van der Waals surface area contributed by atoms with E-state index >= 15 is 0 Å². The van der Waals surface area contributed by atoms with Gasteiger partial charge >= 0.3 is 0 Å². The van der Waals surface area contributed by atoms with Crippen LogP contribution in [0.15, 0.2) is 91.0 Å². The third-order valence-corrected chi connectivity index (χ3v) is 7.44. The van der Waals surface area contributed by atoms with E-state index in [-0.39, 0.29) is 35.2 Å². The van der Waals surface area contributed by atoms with Crippen molar-refractivity contribution in [3.8, 4) is 0 Å². The summed E-state index contributed by atoms with van der Waals surface area (Å²) in [5, 5.41) is 14.5. The Hall–Kier alpha value is -2.75. The fraction of sp³-hybridized carbons (Fsp3) is 0.321. The number of hydrogen-bond donors (Lipinski definition) is 2. The van der Waals surface area contributed by atoms with Gasteiger partial charge in [-0.15, -0.1) is 0 Å². The van der Waals surface area contributed by atoms with Crippen LogP contribution in [-0.4, -0.2) is 29.6 Å². The van der Waals surface area contributed by atoms with E-state index in [0.717, 1.165) is 18.4 Å². The molecule has 2 aliphatic rings. The Morgan fingerprint density at radius 3 is 2.00 bits per heavy atom. The Balaban J connectivity index is 1.61. The fourth-order valence-electron chi connectivity index (χ4n) is 6.08. The predicted octanol–water partition coefficient (Wildman–Crippen LogP) is 4.14. The zero-order valence-corrected chi connectivity index (χ0v) is 17.7. The third kappa shape index (κ3) is 3.52. The van der Waals surface area contributed by atoms with Crippen LogP contribution in [0.5, 0.6) is 0 Å². The lowest BCUT2D eigenvalue weighted by atomic mass is 9.54. The summed E-state index contributed by atoms with van der Waals surface area (Å²) in [4.78, 5) is 13.6. The second-order valence-electron chi connectivity index (χ2n) is 9.01. The Morgan fingerprint density at radius 2 is 1.42 bits per heavy atom. The van der Waals surface area contributed by atoms with Crippen LogP contribution in [0.4, 0.5) is 0 Å². The van der Waals surface area contributed by atoms with Crippen molar-refractivity contribution in [2.75, 3.05) is 6.54 Å². The highest BCUT2D eigenvalue weighted by Crippen LogP contribution is 2.54. The number of aliphatic hydroxyl groups excluding tert-OH is 1. The molecule has 0 amide bonds. The molecule has 0 bridgehead atoms. The summed E-state index contributed by atoms with van der Waals surface area (Å²) in [6.07, 6.45) is 1.61. The number of nitrogens with one attached hydrogen (secondary N) is 1. The number of carbonyl (C=O) groups excluding carboxylic acids is 1. The van der Waals surface area contributed by atoms with Gasteiger partial charge in [0.05, 0.1) is 12.1 Å². The van der Waals surface area contributed by atoms with Gasteiger partial charge in [-0.2, -0.15) is 0 Å². The minimum atomic E-state index is -0.382. The van der Waals surface area contributed by atoms with E-state index in [9.17, 15) is 9.90 Å². The van der Waals surface area contributed by atoms with E-state index in [1.165, 1.54) is 11.1 Å². The van der Waals surface area contributed by atoms with Crippen LogP contribution in [0, 0.1) is 11.8 Å². The number of ketones is 1. The summed E-state index contributed by atoms with van der Waals surface area (Å²) < 4.78 is 0. The smallest absolute Gasteiger partial charge is 0.154 e. The van der Waals surface area contributed by atoms with Crippen LogP contribution in [0.1, 0.15) is 29.5 Å². The summed E-state index contributed by atoms with van der Waals surface area (Å²) in [5.41, 5.74) is 3.22. The first-order chi connectivity index (χ1) is 15.2. The van der Waals surface area contributed by atoms with Gasteiger partial charge in [0.15, 0.2) is 5.78 Å². The second-order valence-corrected chi connectivity index (χ2v) is 9.01. The van der Waals surface area contributed by atoms with Gasteiger partial charge in [0, 0.05) is 30.2 Å². The van der Waals surface area contributed by atoms with Crippen LogP contribution >= 0.6 is 0 Å². The molecule has 4 atom stereocenters. The highest BCUT2D eigenvalue weighted by atomic mass is 16.3. The molecule has 1 saturated carbocycles. The first kappa shape index (κ1) is 20.2. The van der Waals surface area contributed by atoms with Gasteiger partial charge in [-0.1, -0.05) is 91.0 Å². The van der Waals surface area contributed by atoms with E-state index in [4.69, 9.17) is 0 Å². The molecule has 1 saturated heterocycles. The number of aliphatic hydroxyl groups is 1. The Kier molecular flexibility index (Phi) is 5.47. The van der Waals surface area contributed by atoms with Gasteiger partial charge in [0.2, 0.25) is 0 Å². The van der Waals surface area contributed by atoms with Gasteiger partial charge < -0.3 is 10.4 Å². The third-order valence-electron chi connectivity index (χ3n) is 7.44. The first-order valence-electron chi connectivity index (χ1n) is 11.3. The van der Waals surface area contributed by atoms with Crippen molar-refractivity contribution in [2.45, 2.75) is 36.8 Å². The molecule has 1 aliphatic heterocycles. The van der Waals surface area contributed by atoms with Crippen LogP contribution < -0.4 is 5.32 Å². The lowest BCUT2D eigenvalue weighted by Gasteiger charge is -2.49. The molecule has 3 nitrogen and oxygen atoms in total. The van der Waals surface area contributed by atoms with Crippen LogP contribution in [0.25, 0.3) is 0 Å². The molecule has 5 rings (SSSR count). The topological polar surface area (TPSA) is 49.3 Å². The number of rotatable bonds is 5. The normalized spacial score (nSPS) is 26.9. The molecule has 158 valence electrons. The molecule has 3 heteroatoms. The van der Waals surface area contributed by atoms with Crippen molar-refractivity contribution in [3.05, 3.63) is 108 Å². The van der Waals surface area contributed by atoms with E-state index in [1.807, 2.05) is 42.5 Å². The summed E-state index contributed by atoms with van der Waals surface area (Å²) in [6.45, 7) is 0.679. The quantitative estimate of drug-likeness (QED) is 0.663. The van der Waals surface area contributed by atoms with Crippen LogP contribution in [0.3, 0.4) is 0 Å². The predicted molar refractivity (Wildman–Crippen MR) is 123 cm³/mol. The monoisotopic (exact) mass is 411 g/mol. The SMILES string of the molecule is O=C(Cc1ccccc1)C1NCC2C(O)CCC(c3ccccc3)(c3ccccc3)C12. The molecule has 1 aliphatic carbocycles. The second kappa shape index (κ2) is 8.41. The summed E-state index contributed by atoms with van der Waals surface area (Å²) in [6, 6.07) is 30.9. The molecule has 0 aromatic heterocycles. The zero-order chi connectivity index (χ0) is 21.3. The molecule has 3 aromatic rings. The van der Waals surface area contributed by atoms with Gasteiger partial charge in [-0.05, 0) is 29.5 Å². The van der Waals surface area contributed by atoms with Crippen molar-refractivity contribution >= 4 is 5.78 Å². The number of Topliss-reactive ketones (excluding diaryl/α,β-unsaturated/α-hetero) is 1. The minimum Gasteiger partial charge on any atom is -0.393 e. The summed E-state index contributed by atoms with van der Waals surface area (Å²) in [7, 11) is 0. The Labute approximate surface area is 184 Å². The molecule has 31 heavy (non-hydrogen) atoms. The van der Waals surface area contributed by atoms with Crippen molar-refractivity contribution in [3.63, 3.8) is 0 Å². The van der Waals surface area contributed by atoms with E-state index in [0.29, 0.717) is 13.0 Å². The Bertz CT molecular complexity index is 979. The highest BCUT2D eigenvalue weighted by molar-refractivity contribution is 5.87. The molecule has 0 radical (unpaired) electrons. The highest BCUT2D eigenvalue weighted by Gasteiger charge is 2.57. The maximum absolute atomic E-state index is 13.6. The maximum Gasteiger partial charge on any atom is 0.154 e. The standard InChI is InChI=1S/C28H29NO2/c30-24-16-17-28(21-12-6-2-7-13-21,22-14-8-3-9-15-22)26-23(24)19-29-27(26)25(31)18-20-10-4-1-5-11-20/h1-15,23-24,26-27,29-30H,16-19H2. The van der Waals surface area contributed by atoms with Gasteiger partial charge in [-0.3, -0.25) is 4.79 Å². The number of carbonyl (C=O) groups is 1. The lowest BCUT2D eigenvalue weighted by molar-refractivity contribution is -0.122. The van der Waals surface area contributed by atoms with Crippen molar-refractivity contribution in [1.82, 2.24) is 5.32 Å². The van der Waals surface area contributed by atoms with Crippen molar-refractivity contribution in [1.29, 1.82) is 0 Å². The van der Waals surface area contributed by atoms with Crippen LogP contribution in [0.2, 0.25) is 0 Å². The average molecular weight is 412 g/mol. The molecular formula is C28H29NO2. The zero-order valence-electron chi connectivity index (χ0n) is 17.7. The number of hydrogen-bond acceptors (Lipinski definition) is 3. The van der Waals surface area contributed by atoms with Gasteiger partial charge in [0.25, 0.3) is 0 Å². The van der Waals surface area contributed by atoms with E-state index in [2.05, 4.69) is 53.8 Å². The van der Waals surface area contributed by atoms with Crippen molar-refractivity contribution in [2.24, 2.45) is 11.8 Å².